The quantitative estimate of drug-likeness (QED) is 0.377. The number of likely N-dealkylation sites (N-methyl/N-ethyl adjacent to an activating group) is 1. The number of methoxy groups -OCH3 is 1. The van der Waals surface area contributed by atoms with Crippen LogP contribution in [0.3, 0.4) is 0 Å². The van der Waals surface area contributed by atoms with Crippen molar-refractivity contribution in [2.24, 2.45) is 0 Å². The monoisotopic (exact) mass is 581 g/mol. The fourth-order valence-corrected chi connectivity index (χ4v) is 6.30. The number of rotatable bonds is 4. The minimum absolute atomic E-state index is 0.337. The first-order valence-electron chi connectivity index (χ1n) is 6.63. The van der Waals surface area contributed by atoms with Gasteiger partial charge in [0, 0.05) is 17.9 Å². The van der Waals surface area contributed by atoms with Gasteiger partial charge in [-0.2, -0.15) is 0 Å². The van der Waals surface area contributed by atoms with Crippen molar-refractivity contribution in [2.75, 3.05) is 14.2 Å². The van der Waals surface area contributed by atoms with E-state index in [1.165, 1.54) is 19.1 Å². The van der Waals surface area contributed by atoms with Gasteiger partial charge in [-0.05, 0) is 80.8 Å². The van der Waals surface area contributed by atoms with Gasteiger partial charge in [0.2, 0.25) is 0 Å². The Labute approximate surface area is 170 Å². The molecule has 0 saturated heterocycles. The molecular weight excluding hydrogens is 565 g/mol. The van der Waals surface area contributed by atoms with Crippen LogP contribution in [-0.2, 0) is 20.7 Å². The SMILES string of the molecule is COC(=O)C(Cc1c(I)sc(Br)c1Br)N(C)C(=O)OC(C)(C)C. The average molecular weight is 583 g/mol. The summed E-state index contributed by atoms with van der Waals surface area (Å²) < 4.78 is 13.1. The topological polar surface area (TPSA) is 55.8 Å². The maximum atomic E-state index is 12.3. The predicted molar refractivity (Wildman–Crippen MR) is 106 cm³/mol. The third-order valence-electron chi connectivity index (χ3n) is 2.87. The predicted octanol–water partition coefficient (Wildman–Crippen LogP) is 4.83. The zero-order valence-corrected chi connectivity index (χ0v) is 19.6. The lowest BCUT2D eigenvalue weighted by molar-refractivity contribution is -0.146. The van der Waals surface area contributed by atoms with Crippen molar-refractivity contribution in [3.63, 3.8) is 0 Å². The van der Waals surface area contributed by atoms with Crippen LogP contribution in [0.4, 0.5) is 4.79 Å². The molecule has 0 saturated carbocycles. The highest BCUT2D eigenvalue weighted by Gasteiger charge is 2.32. The summed E-state index contributed by atoms with van der Waals surface area (Å²) >= 11 is 10.7. The fourth-order valence-electron chi connectivity index (χ4n) is 1.73. The highest BCUT2D eigenvalue weighted by molar-refractivity contribution is 14.1. The number of nitrogens with zero attached hydrogens (tertiary/aromatic N) is 1. The normalized spacial score (nSPS) is 12.7. The number of halogens is 3. The lowest BCUT2D eigenvalue weighted by Crippen LogP contribution is -2.46. The highest BCUT2D eigenvalue weighted by atomic mass is 127. The van der Waals surface area contributed by atoms with Crippen molar-refractivity contribution in [3.8, 4) is 0 Å². The summed E-state index contributed by atoms with van der Waals surface area (Å²) in [4.78, 5) is 25.7. The number of hydrogen-bond acceptors (Lipinski definition) is 5. The summed E-state index contributed by atoms with van der Waals surface area (Å²) in [6.45, 7) is 5.34. The van der Waals surface area contributed by atoms with E-state index in [9.17, 15) is 9.59 Å². The Kier molecular flexibility index (Phi) is 7.81. The molecule has 0 aliphatic heterocycles. The third-order valence-corrected chi connectivity index (χ3v) is 7.55. The molecule has 1 heterocycles. The Morgan fingerprint density at radius 2 is 1.91 bits per heavy atom. The van der Waals surface area contributed by atoms with Gasteiger partial charge < -0.3 is 9.47 Å². The van der Waals surface area contributed by atoms with Crippen LogP contribution in [0.2, 0.25) is 0 Å². The second-order valence-corrected chi connectivity index (χ2v) is 10.7. The first-order chi connectivity index (χ1) is 10.5. The average Bonchev–Trinajstić information content (AvgIpc) is 2.66. The molecule has 1 amide bonds. The summed E-state index contributed by atoms with van der Waals surface area (Å²) in [5.41, 5.74) is 0.320. The van der Waals surface area contributed by atoms with Gasteiger partial charge in [0.1, 0.15) is 11.6 Å². The van der Waals surface area contributed by atoms with Gasteiger partial charge in [-0.1, -0.05) is 0 Å². The van der Waals surface area contributed by atoms with Crippen LogP contribution in [-0.4, -0.2) is 42.8 Å². The zero-order valence-electron chi connectivity index (χ0n) is 13.4. The van der Waals surface area contributed by atoms with Crippen LogP contribution in [0, 0.1) is 2.88 Å². The Bertz CT molecular complexity index is 600. The molecule has 1 unspecified atom stereocenters. The van der Waals surface area contributed by atoms with Crippen LogP contribution in [0.5, 0.6) is 0 Å². The lowest BCUT2D eigenvalue weighted by atomic mass is 10.1. The maximum absolute atomic E-state index is 12.3. The van der Waals surface area contributed by atoms with E-state index in [1.807, 2.05) is 0 Å². The van der Waals surface area contributed by atoms with E-state index in [0.717, 1.165) is 16.7 Å². The van der Waals surface area contributed by atoms with E-state index < -0.39 is 23.7 Å². The van der Waals surface area contributed by atoms with E-state index in [-0.39, 0.29) is 0 Å². The first-order valence-corrected chi connectivity index (χ1v) is 10.1. The Balaban J connectivity index is 3.05. The molecule has 0 radical (unpaired) electrons. The number of thiophene rings is 1. The number of esters is 1. The van der Waals surface area contributed by atoms with Crippen LogP contribution in [0.1, 0.15) is 26.3 Å². The number of hydrogen-bond donors (Lipinski definition) is 0. The summed E-state index contributed by atoms with van der Waals surface area (Å²) in [5, 5.41) is 0. The number of amides is 1. The standard InChI is InChI=1S/C14H18Br2INO4S/c1-14(2,3)22-13(20)18(4)8(12(19)21-5)6-7-9(15)10(16)23-11(7)17/h8H,6H2,1-5H3. The fraction of sp³-hybridized carbons (Fsp3) is 0.571. The van der Waals surface area contributed by atoms with Crippen molar-refractivity contribution < 1.29 is 19.1 Å². The zero-order chi connectivity index (χ0) is 17.9. The van der Waals surface area contributed by atoms with Gasteiger partial charge >= 0.3 is 12.1 Å². The molecule has 1 aromatic rings. The summed E-state index contributed by atoms with van der Waals surface area (Å²) in [6.07, 6.45) is -0.225. The molecule has 130 valence electrons. The molecule has 0 bridgehead atoms. The Morgan fingerprint density at radius 1 is 1.35 bits per heavy atom. The van der Waals surface area contributed by atoms with Crippen molar-refractivity contribution in [1.82, 2.24) is 4.90 Å². The van der Waals surface area contributed by atoms with Gasteiger partial charge in [-0.3, -0.25) is 4.90 Å². The van der Waals surface area contributed by atoms with Gasteiger partial charge in [0.05, 0.1) is 13.8 Å². The molecule has 23 heavy (non-hydrogen) atoms. The third kappa shape index (κ3) is 5.86. The van der Waals surface area contributed by atoms with E-state index in [4.69, 9.17) is 9.47 Å². The molecular formula is C14H18Br2INO4S. The molecule has 9 heteroatoms. The lowest BCUT2D eigenvalue weighted by Gasteiger charge is -2.29. The van der Waals surface area contributed by atoms with Crippen molar-refractivity contribution in [2.45, 2.75) is 38.8 Å². The Hall–Kier alpha value is 0.130. The minimum atomic E-state index is -0.763. The van der Waals surface area contributed by atoms with Gasteiger partial charge in [-0.25, -0.2) is 9.59 Å². The summed E-state index contributed by atoms with van der Waals surface area (Å²) in [7, 11) is 2.85. The van der Waals surface area contributed by atoms with E-state index in [1.54, 1.807) is 32.1 Å². The Morgan fingerprint density at radius 3 is 2.30 bits per heavy atom. The minimum Gasteiger partial charge on any atom is -0.467 e. The highest BCUT2D eigenvalue weighted by Crippen LogP contribution is 2.39. The molecule has 0 aromatic carbocycles. The molecule has 0 fully saturated rings. The van der Waals surface area contributed by atoms with Gasteiger partial charge in [0.25, 0.3) is 0 Å². The molecule has 1 aromatic heterocycles. The second-order valence-electron chi connectivity index (χ2n) is 5.78. The molecule has 5 nitrogen and oxygen atoms in total. The first kappa shape index (κ1) is 21.2. The van der Waals surface area contributed by atoms with E-state index >= 15 is 0 Å². The molecule has 0 spiro atoms. The van der Waals surface area contributed by atoms with Crippen LogP contribution in [0.25, 0.3) is 0 Å². The number of carbonyl (C=O) groups is 2. The van der Waals surface area contributed by atoms with Gasteiger partial charge in [0.15, 0.2) is 0 Å². The van der Waals surface area contributed by atoms with Crippen molar-refractivity contribution >= 4 is 77.9 Å². The summed E-state index contributed by atoms with van der Waals surface area (Å²) in [5.74, 6) is -0.483. The molecule has 0 N–H and O–H groups in total. The molecule has 0 aliphatic carbocycles. The van der Waals surface area contributed by atoms with E-state index in [2.05, 4.69) is 54.5 Å². The van der Waals surface area contributed by atoms with Gasteiger partial charge in [-0.15, -0.1) is 11.3 Å². The molecule has 0 aliphatic rings. The number of carbonyl (C=O) groups excluding carboxylic acids is 2. The molecule has 1 rings (SSSR count). The summed E-state index contributed by atoms with van der Waals surface area (Å²) in [6, 6.07) is -0.763. The number of ether oxygens (including phenoxy) is 2. The van der Waals surface area contributed by atoms with Crippen LogP contribution >= 0.6 is 65.8 Å². The molecule has 1 atom stereocenters. The largest absolute Gasteiger partial charge is 0.467 e. The smallest absolute Gasteiger partial charge is 0.410 e. The van der Waals surface area contributed by atoms with Crippen LogP contribution < -0.4 is 0 Å². The van der Waals surface area contributed by atoms with Crippen molar-refractivity contribution in [3.05, 3.63) is 16.7 Å². The van der Waals surface area contributed by atoms with Crippen LogP contribution in [0.15, 0.2) is 8.26 Å². The van der Waals surface area contributed by atoms with E-state index in [0.29, 0.717) is 6.42 Å². The van der Waals surface area contributed by atoms with Crippen molar-refractivity contribution in [1.29, 1.82) is 0 Å². The second kappa shape index (κ2) is 8.48. The maximum Gasteiger partial charge on any atom is 0.410 e.